The van der Waals surface area contributed by atoms with Crippen molar-refractivity contribution in [1.82, 2.24) is 14.5 Å². The van der Waals surface area contributed by atoms with Crippen LogP contribution in [0.15, 0.2) is 36.7 Å². The molecule has 7 heteroatoms. The van der Waals surface area contributed by atoms with Crippen molar-refractivity contribution in [3.8, 4) is 11.3 Å². The molecule has 1 saturated heterocycles. The van der Waals surface area contributed by atoms with Gasteiger partial charge in [0.15, 0.2) is 5.69 Å². The number of ether oxygens (including phenoxy) is 2. The zero-order chi connectivity index (χ0) is 20.3. The van der Waals surface area contributed by atoms with Crippen molar-refractivity contribution < 1.29 is 19.1 Å². The number of likely N-dealkylation sites (tertiary alicyclic amines) is 1. The predicted molar refractivity (Wildman–Crippen MR) is 105 cm³/mol. The molecule has 7 nitrogen and oxygen atoms in total. The number of hydrogen-bond acceptors (Lipinski definition) is 5. The first-order valence-electron chi connectivity index (χ1n) is 9.48. The van der Waals surface area contributed by atoms with Crippen molar-refractivity contribution in [3.63, 3.8) is 0 Å². The lowest BCUT2D eigenvalue weighted by atomic mass is 10.0. The lowest BCUT2D eigenvalue weighted by Gasteiger charge is -2.35. The maximum Gasteiger partial charge on any atom is 0.410 e. The number of carbonyl (C=O) groups excluding carboxylic acids is 2. The summed E-state index contributed by atoms with van der Waals surface area (Å²) in [4.78, 5) is 30.8. The lowest BCUT2D eigenvalue weighted by Crippen LogP contribution is -2.43. The summed E-state index contributed by atoms with van der Waals surface area (Å²) in [6.07, 6.45) is 3.09. The highest BCUT2D eigenvalue weighted by atomic mass is 16.6. The Morgan fingerprint density at radius 3 is 2.54 bits per heavy atom. The number of carbonyl (C=O) groups is 2. The first kappa shape index (κ1) is 19.9. The molecule has 1 fully saturated rings. The van der Waals surface area contributed by atoms with E-state index in [9.17, 15) is 9.59 Å². The highest BCUT2D eigenvalue weighted by molar-refractivity contribution is 5.94. The molecule has 0 aliphatic carbocycles. The minimum absolute atomic E-state index is 0.00220. The smallest absolute Gasteiger partial charge is 0.410 e. The molecular weight excluding hydrogens is 358 g/mol. The Bertz CT molecular complexity index is 839. The monoisotopic (exact) mass is 385 g/mol. The van der Waals surface area contributed by atoms with Crippen LogP contribution in [0.25, 0.3) is 11.3 Å². The first-order valence-corrected chi connectivity index (χ1v) is 9.48. The molecule has 1 atom stereocenters. The van der Waals surface area contributed by atoms with Gasteiger partial charge >= 0.3 is 12.1 Å². The molecule has 1 aromatic heterocycles. The molecule has 0 N–H and O–H groups in total. The van der Waals surface area contributed by atoms with E-state index in [1.807, 2.05) is 55.7 Å². The summed E-state index contributed by atoms with van der Waals surface area (Å²) < 4.78 is 12.4. The van der Waals surface area contributed by atoms with Crippen molar-refractivity contribution in [1.29, 1.82) is 0 Å². The zero-order valence-corrected chi connectivity index (χ0v) is 16.8. The van der Waals surface area contributed by atoms with E-state index in [0.29, 0.717) is 18.8 Å². The van der Waals surface area contributed by atoms with Crippen LogP contribution in [0.2, 0.25) is 0 Å². The first-order chi connectivity index (χ1) is 13.3. The van der Waals surface area contributed by atoms with E-state index in [1.165, 1.54) is 7.11 Å². The second kappa shape index (κ2) is 8.04. The van der Waals surface area contributed by atoms with Crippen LogP contribution < -0.4 is 0 Å². The topological polar surface area (TPSA) is 73.7 Å². The summed E-state index contributed by atoms with van der Waals surface area (Å²) in [7, 11) is 1.35. The number of nitrogens with zero attached hydrogens (tertiary/aromatic N) is 3. The molecule has 0 bridgehead atoms. The highest BCUT2D eigenvalue weighted by Gasteiger charge is 2.31. The number of rotatable bonds is 3. The normalized spacial score (nSPS) is 17.3. The third kappa shape index (κ3) is 4.35. The van der Waals surface area contributed by atoms with Crippen LogP contribution in [0.1, 0.15) is 50.1 Å². The molecular formula is C21H27N3O4. The van der Waals surface area contributed by atoms with Gasteiger partial charge in [0.2, 0.25) is 0 Å². The summed E-state index contributed by atoms with van der Waals surface area (Å²) >= 11 is 0. The number of methoxy groups -OCH3 is 1. The Balaban J connectivity index is 1.92. The minimum Gasteiger partial charge on any atom is -0.464 e. The summed E-state index contributed by atoms with van der Waals surface area (Å²) in [5, 5.41) is 0. The Kier molecular flexibility index (Phi) is 5.72. The summed E-state index contributed by atoms with van der Waals surface area (Å²) in [6, 6.07) is 9.64. The Morgan fingerprint density at radius 1 is 1.18 bits per heavy atom. The quantitative estimate of drug-likeness (QED) is 0.749. The van der Waals surface area contributed by atoms with Gasteiger partial charge in [-0.2, -0.15) is 0 Å². The van der Waals surface area contributed by atoms with E-state index in [2.05, 4.69) is 4.98 Å². The van der Waals surface area contributed by atoms with Crippen LogP contribution in [0.4, 0.5) is 4.79 Å². The number of aromatic nitrogens is 2. The Morgan fingerprint density at radius 2 is 1.89 bits per heavy atom. The minimum atomic E-state index is -0.535. The van der Waals surface area contributed by atoms with Crippen LogP contribution in [0.5, 0.6) is 0 Å². The molecule has 0 spiro atoms. The van der Waals surface area contributed by atoms with E-state index in [0.717, 1.165) is 18.4 Å². The summed E-state index contributed by atoms with van der Waals surface area (Å²) in [5.41, 5.74) is 1.34. The molecule has 1 unspecified atom stereocenters. The maximum atomic E-state index is 12.5. The standard InChI is InChI=1S/C21H27N3O4/c1-21(2,3)28-20(26)23-12-8-11-16(13-23)24-14-22-17(19(25)27-4)18(24)15-9-6-5-7-10-15/h5-7,9-10,14,16H,8,11-13H2,1-4H3. The number of hydrogen-bond donors (Lipinski definition) is 0. The van der Waals surface area contributed by atoms with E-state index in [-0.39, 0.29) is 17.8 Å². The van der Waals surface area contributed by atoms with Crippen LogP contribution in [0, 0.1) is 0 Å². The average Bonchev–Trinajstić information content (AvgIpc) is 3.12. The highest BCUT2D eigenvalue weighted by Crippen LogP contribution is 2.31. The fraction of sp³-hybridized carbons (Fsp3) is 0.476. The van der Waals surface area contributed by atoms with E-state index in [4.69, 9.17) is 9.47 Å². The lowest BCUT2D eigenvalue weighted by molar-refractivity contribution is 0.0173. The molecule has 150 valence electrons. The average molecular weight is 385 g/mol. The summed E-state index contributed by atoms with van der Waals surface area (Å²) in [6.45, 7) is 6.74. The fourth-order valence-corrected chi connectivity index (χ4v) is 3.44. The molecule has 0 radical (unpaired) electrons. The SMILES string of the molecule is COC(=O)c1ncn(C2CCCN(C(=O)OC(C)(C)C)C2)c1-c1ccccc1. The van der Waals surface area contributed by atoms with Crippen molar-refractivity contribution >= 4 is 12.1 Å². The van der Waals surface area contributed by atoms with Crippen LogP contribution in [-0.4, -0.2) is 52.3 Å². The molecule has 0 saturated carbocycles. The van der Waals surface area contributed by atoms with Gasteiger partial charge in [-0.25, -0.2) is 14.6 Å². The molecule has 1 aliphatic heterocycles. The van der Waals surface area contributed by atoms with E-state index in [1.54, 1.807) is 11.2 Å². The third-order valence-corrected chi connectivity index (χ3v) is 4.66. The largest absolute Gasteiger partial charge is 0.464 e. The second-order valence-electron chi connectivity index (χ2n) is 7.93. The maximum absolute atomic E-state index is 12.5. The predicted octanol–water partition coefficient (Wildman–Crippen LogP) is 3.91. The van der Waals surface area contributed by atoms with Crippen molar-refractivity contribution in [3.05, 3.63) is 42.4 Å². The number of esters is 1. The number of imidazole rings is 1. The Labute approximate surface area is 165 Å². The van der Waals surface area contributed by atoms with Gasteiger partial charge < -0.3 is 18.9 Å². The Hall–Kier alpha value is -2.83. The molecule has 3 rings (SSSR count). The molecule has 2 aromatic rings. The summed E-state index contributed by atoms with van der Waals surface area (Å²) in [5.74, 6) is -0.475. The van der Waals surface area contributed by atoms with Crippen LogP contribution in [0.3, 0.4) is 0 Å². The molecule has 2 heterocycles. The van der Waals surface area contributed by atoms with Gasteiger partial charge in [0.1, 0.15) is 5.60 Å². The van der Waals surface area contributed by atoms with Gasteiger partial charge in [-0.15, -0.1) is 0 Å². The molecule has 28 heavy (non-hydrogen) atoms. The van der Waals surface area contributed by atoms with Crippen molar-refractivity contribution in [2.45, 2.75) is 45.3 Å². The number of piperidine rings is 1. The molecule has 1 amide bonds. The van der Waals surface area contributed by atoms with Crippen molar-refractivity contribution in [2.24, 2.45) is 0 Å². The fourth-order valence-electron chi connectivity index (χ4n) is 3.44. The van der Waals surface area contributed by atoms with Gasteiger partial charge in [0.05, 0.1) is 25.2 Å². The second-order valence-corrected chi connectivity index (χ2v) is 7.93. The van der Waals surface area contributed by atoms with Gasteiger partial charge in [-0.1, -0.05) is 30.3 Å². The van der Waals surface area contributed by atoms with Crippen LogP contribution in [-0.2, 0) is 9.47 Å². The van der Waals surface area contributed by atoms with Crippen LogP contribution >= 0.6 is 0 Å². The molecule has 1 aromatic carbocycles. The van der Waals surface area contributed by atoms with E-state index < -0.39 is 11.6 Å². The van der Waals surface area contributed by atoms with Gasteiger partial charge in [-0.05, 0) is 33.6 Å². The van der Waals surface area contributed by atoms with Gasteiger partial charge in [-0.3, -0.25) is 0 Å². The van der Waals surface area contributed by atoms with E-state index >= 15 is 0 Å². The zero-order valence-electron chi connectivity index (χ0n) is 16.8. The van der Waals surface area contributed by atoms with Gasteiger partial charge in [0, 0.05) is 18.7 Å². The number of amides is 1. The van der Waals surface area contributed by atoms with Crippen molar-refractivity contribution in [2.75, 3.05) is 20.2 Å². The number of benzene rings is 1. The van der Waals surface area contributed by atoms with Gasteiger partial charge in [0.25, 0.3) is 0 Å². The third-order valence-electron chi connectivity index (χ3n) is 4.66. The molecule has 1 aliphatic rings.